The van der Waals surface area contributed by atoms with E-state index < -0.39 is 0 Å². The first-order chi connectivity index (χ1) is 8.90. The third-order valence-electron chi connectivity index (χ3n) is 2.15. The van der Waals surface area contributed by atoms with E-state index in [2.05, 4.69) is 10.5 Å². The second-order valence-electron chi connectivity index (χ2n) is 3.49. The van der Waals surface area contributed by atoms with E-state index in [0.717, 1.165) is 0 Å². The molecule has 0 saturated heterocycles. The molecule has 1 aliphatic carbocycles. The second-order valence-corrected chi connectivity index (χ2v) is 5.87. The molecule has 1 aromatic rings. The highest BCUT2D eigenvalue weighted by atomic mass is 35.5. The first-order valence-electron chi connectivity index (χ1n) is 4.81. The third kappa shape index (κ3) is 3.33. The fraction of sp³-hybridized carbons (Fsp3) is 0. The van der Waals surface area contributed by atoms with Crippen LogP contribution in [-0.4, -0.2) is 5.71 Å². The Hall–Kier alpha value is -0.0900. The predicted molar refractivity (Wildman–Crippen MR) is 85.0 cm³/mol. The monoisotopic (exact) mass is 374 g/mol. The topological polar surface area (TPSA) is 24.4 Å². The highest BCUT2D eigenvalue weighted by Gasteiger charge is 2.26. The van der Waals surface area contributed by atoms with Crippen LogP contribution >= 0.6 is 69.6 Å². The maximum absolute atomic E-state index is 5.96. The predicted octanol–water partition coefficient (Wildman–Crippen LogP) is 6.15. The van der Waals surface area contributed by atoms with Crippen LogP contribution in [0.4, 0.5) is 5.69 Å². The molecule has 0 spiro atoms. The molecule has 0 unspecified atom stereocenters. The van der Waals surface area contributed by atoms with E-state index in [9.17, 15) is 0 Å². The van der Waals surface area contributed by atoms with Crippen LogP contribution in [-0.2, 0) is 0 Å². The van der Waals surface area contributed by atoms with Crippen molar-refractivity contribution < 1.29 is 0 Å². The molecule has 0 bridgehead atoms. The van der Waals surface area contributed by atoms with E-state index in [1.54, 1.807) is 18.2 Å². The number of nitrogens with zero attached hydrogens (tertiary/aromatic N) is 1. The molecule has 2 nitrogen and oxygen atoms in total. The van der Waals surface area contributed by atoms with Crippen molar-refractivity contribution >= 4 is 81.0 Å². The van der Waals surface area contributed by atoms with Crippen molar-refractivity contribution in [2.75, 3.05) is 5.43 Å². The van der Waals surface area contributed by atoms with Gasteiger partial charge in [0, 0.05) is 10.0 Å². The quantitative estimate of drug-likeness (QED) is 0.615. The minimum atomic E-state index is 0.165. The van der Waals surface area contributed by atoms with Gasteiger partial charge in [-0.05, 0) is 18.2 Å². The smallest absolute Gasteiger partial charge is 0.124 e. The Labute approximate surface area is 139 Å². The lowest BCUT2D eigenvalue weighted by molar-refractivity contribution is 1.34. The normalized spacial score (nSPS) is 15.4. The van der Waals surface area contributed by atoms with Gasteiger partial charge in [-0.3, -0.25) is 5.43 Å². The zero-order valence-corrected chi connectivity index (χ0v) is 13.5. The van der Waals surface area contributed by atoms with Crippen molar-refractivity contribution in [2.24, 2.45) is 5.10 Å². The Balaban J connectivity index is 2.29. The first kappa shape index (κ1) is 15.3. The van der Waals surface area contributed by atoms with Crippen molar-refractivity contribution in [3.05, 3.63) is 48.4 Å². The van der Waals surface area contributed by atoms with E-state index >= 15 is 0 Å². The van der Waals surface area contributed by atoms with Crippen LogP contribution in [0.1, 0.15) is 0 Å². The third-order valence-corrected chi connectivity index (χ3v) is 4.37. The molecule has 0 radical (unpaired) electrons. The van der Waals surface area contributed by atoms with Crippen molar-refractivity contribution in [1.82, 2.24) is 0 Å². The molecule has 0 atom stereocenters. The van der Waals surface area contributed by atoms with Crippen LogP contribution in [0.3, 0.4) is 0 Å². The minimum absolute atomic E-state index is 0.165. The van der Waals surface area contributed by atoms with Gasteiger partial charge in [-0.25, -0.2) is 0 Å². The van der Waals surface area contributed by atoms with Gasteiger partial charge in [-0.15, -0.1) is 0 Å². The standard InChI is InChI=1S/C11H4Cl6N2/c12-4-1-5(13)3-6(2-4)18-19-11-9(16)7(14)8(15)10(11)17/h1-3,18H. The fourth-order valence-corrected chi connectivity index (χ4v) is 2.84. The summed E-state index contributed by atoms with van der Waals surface area (Å²) in [7, 11) is 0. The highest BCUT2D eigenvalue weighted by Crippen LogP contribution is 2.39. The van der Waals surface area contributed by atoms with Crippen LogP contribution in [0.5, 0.6) is 0 Å². The number of hydrogen-bond donors (Lipinski definition) is 1. The molecule has 19 heavy (non-hydrogen) atoms. The summed E-state index contributed by atoms with van der Waals surface area (Å²) in [6.07, 6.45) is 0. The molecule has 0 aromatic heterocycles. The summed E-state index contributed by atoms with van der Waals surface area (Å²) in [6.45, 7) is 0. The Morgan fingerprint density at radius 2 is 1.16 bits per heavy atom. The molecule has 0 amide bonds. The van der Waals surface area contributed by atoms with E-state index in [0.29, 0.717) is 15.7 Å². The van der Waals surface area contributed by atoms with E-state index in [-0.39, 0.29) is 25.8 Å². The van der Waals surface area contributed by atoms with Crippen molar-refractivity contribution in [2.45, 2.75) is 0 Å². The van der Waals surface area contributed by atoms with Gasteiger partial charge in [-0.2, -0.15) is 5.10 Å². The van der Waals surface area contributed by atoms with Crippen molar-refractivity contribution in [3.63, 3.8) is 0 Å². The van der Waals surface area contributed by atoms with Crippen molar-refractivity contribution in [1.29, 1.82) is 0 Å². The van der Waals surface area contributed by atoms with Crippen LogP contribution in [0.2, 0.25) is 10.0 Å². The molecule has 2 rings (SSSR count). The molecule has 8 heteroatoms. The molecular formula is C11H4Cl6N2. The number of benzene rings is 1. The zero-order chi connectivity index (χ0) is 14.2. The lowest BCUT2D eigenvalue weighted by atomic mass is 10.3. The lowest BCUT2D eigenvalue weighted by Gasteiger charge is -2.04. The van der Waals surface area contributed by atoms with Crippen molar-refractivity contribution in [3.8, 4) is 0 Å². The Morgan fingerprint density at radius 1 is 0.684 bits per heavy atom. The maximum Gasteiger partial charge on any atom is 0.124 e. The van der Waals surface area contributed by atoms with E-state index in [1.807, 2.05) is 0 Å². The number of allylic oxidation sites excluding steroid dienone is 4. The Kier molecular flexibility index (Phi) is 4.93. The Bertz CT molecular complexity index is 586. The number of nitrogens with one attached hydrogen (secondary N) is 1. The molecule has 1 N–H and O–H groups in total. The van der Waals surface area contributed by atoms with Crippen LogP contribution in [0, 0.1) is 0 Å². The van der Waals surface area contributed by atoms with Gasteiger partial charge in [0.1, 0.15) is 5.71 Å². The van der Waals surface area contributed by atoms with Gasteiger partial charge in [0.2, 0.25) is 0 Å². The average molecular weight is 377 g/mol. The molecule has 1 aromatic carbocycles. The van der Waals surface area contributed by atoms with Gasteiger partial charge >= 0.3 is 0 Å². The molecular weight excluding hydrogens is 373 g/mol. The summed E-state index contributed by atoms with van der Waals surface area (Å²) in [5.74, 6) is 0. The lowest BCUT2D eigenvalue weighted by Crippen LogP contribution is -2.00. The minimum Gasteiger partial charge on any atom is -0.278 e. The summed E-state index contributed by atoms with van der Waals surface area (Å²) in [5.41, 5.74) is 3.58. The molecule has 100 valence electrons. The summed E-state index contributed by atoms with van der Waals surface area (Å²) < 4.78 is 0. The van der Waals surface area contributed by atoms with E-state index in [4.69, 9.17) is 69.6 Å². The molecule has 0 heterocycles. The summed E-state index contributed by atoms with van der Waals surface area (Å²) in [6, 6.07) is 4.89. The number of rotatable bonds is 2. The highest BCUT2D eigenvalue weighted by molar-refractivity contribution is 6.66. The summed E-state index contributed by atoms with van der Waals surface area (Å²) in [4.78, 5) is 0. The molecule has 0 aliphatic heterocycles. The van der Waals surface area contributed by atoms with Gasteiger partial charge < -0.3 is 0 Å². The number of hydrogen-bond acceptors (Lipinski definition) is 2. The number of hydrazone groups is 1. The SMILES string of the molecule is ClC1=C(Cl)C(Cl)=C(Cl)C1=NNc1cc(Cl)cc(Cl)c1. The van der Waals surface area contributed by atoms with E-state index in [1.165, 1.54) is 0 Å². The fourth-order valence-electron chi connectivity index (χ4n) is 1.33. The van der Waals surface area contributed by atoms with Gasteiger partial charge in [0.15, 0.2) is 0 Å². The Morgan fingerprint density at radius 3 is 1.63 bits per heavy atom. The molecule has 1 aliphatic rings. The summed E-state index contributed by atoms with van der Waals surface area (Å²) in [5, 5.41) is 5.67. The van der Waals surface area contributed by atoms with Gasteiger partial charge in [-0.1, -0.05) is 69.6 Å². The van der Waals surface area contributed by atoms with Gasteiger partial charge in [0.05, 0.1) is 25.8 Å². The first-order valence-corrected chi connectivity index (χ1v) is 7.08. The second kappa shape index (κ2) is 6.13. The number of halogens is 6. The number of anilines is 1. The van der Waals surface area contributed by atoms with Crippen LogP contribution in [0.25, 0.3) is 0 Å². The summed E-state index contributed by atoms with van der Waals surface area (Å²) >= 11 is 35.4. The average Bonchev–Trinajstić information content (AvgIpc) is 2.51. The molecule has 0 saturated carbocycles. The largest absolute Gasteiger partial charge is 0.278 e. The zero-order valence-electron chi connectivity index (χ0n) is 8.95. The van der Waals surface area contributed by atoms with Crippen LogP contribution in [0.15, 0.2) is 43.4 Å². The van der Waals surface area contributed by atoms with Gasteiger partial charge in [0.25, 0.3) is 0 Å². The maximum atomic E-state index is 5.96. The molecule has 0 fully saturated rings. The van der Waals surface area contributed by atoms with Crippen LogP contribution < -0.4 is 5.43 Å².